The minimum atomic E-state index is -2.66. The number of nitrogens with zero attached hydrogens (tertiary/aromatic N) is 1. The fraction of sp³-hybridized carbons (Fsp3) is 0.579. The van der Waals surface area contributed by atoms with E-state index in [-0.39, 0.29) is 30.7 Å². The number of nitrogens with one attached hydrogen (secondary N) is 1. The Balaban J connectivity index is 1.38. The lowest BCUT2D eigenvalue weighted by Gasteiger charge is -2.35. The normalized spacial score (nSPS) is 26.7. The topological polar surface area (TPSA) is 69.6 Å². The maximum atomic E-state index is 12.9. The third kappa shape index (κ3) is 3.66. The molecular weight excluding hydrogens is 342 g/mol. The van der Waals surface area contributed by atoms with E-state index < -0.39 is 18.1 Å². The fourth-order valence-electron chi connectivity index (χ4n) is 3.76. The van der Waals surface area contributed by atoms with E-state index in [9.17, 15) is 23.5 Å². The van der Waals surface area contributed by atoms with Crippen molar-refractivity contribution in [3.63, 3.8) is 0 Å². The smallest absolute Gasteiger partial charge is 0.407 e. The standard InChI is InChI=1S/C19H22F2N2O3/c20-19(21)8-14(9-19)22-17(24)13-3-1-2-12(6-13)15-7-16(15)23(18(25)26)10-11-4-5-11/h1-3,6,11,14-16H,4-5,7-10H2,(H,22,24)(H,25,26). The summed E-state index contributed by atoms with van der Waals surface area (Å²) in [6.45, 7) is 0.590. The van der Waals surface area contributed by atoms with Crippen LogP contribution in [-0.2, 0) is 0 Å². The molecule has 0 radical (unpaired) electrons. The van der Waals surface area contributed by atoms with Gasteiger partial charge in [0.2, 0.25) is 0 Å². The number of halogens is 2. The lowest BCUT2D eigenvalue weighted by Crippen LogP contribution is -2.50. The summed E-state index contributed by atoms with van der Waals surface area (Å²) in [7, 11) is 0. The first-order valence-corrected chi connectivity index (χ1v) is 9.10. The van der Waals surface area contributed by atoms with Gasteiger partial charge >= 0.3 is 6.09 Å². The third-order valence-electron chi connectivity index (χ3n) is 5.56. The van der Waals surface area contributed by atoms with Gasteiger partial charge in [0.1, 0.15) is 0 Å². The molecule has 3 aliphatic carbocycles. The van der Waals surface area contributed by atoms with Crippen LogP contribution in [0.25, 0.3) is 0 Å². The van der Waals surface area contributed by atoms with Crippen LogP contribution in [0.5, 0.6) is 0 Å². The summed E-state index contributed by atoms with van der Waals surface area (Å²) in [6, 6.07) is 6.57. The molecule has 3 fully saturated rings. The molecule has 2 amide bonds. The van der Waals surface area contributed by atoms with Gasteiger partial charge in [-0.1, -0.05) is 12.1 Å². The van der Waals surface area contributed by atoms with Crippen LogP contribution in [0.15, 0.2) is 24.3 Å². The quantitative estimate of drug-likeness (QED) is 0.812. The molecule has 3 aliphatic rings. The van der Waals surface area contributed by atoms with Crippen LogP contribution in [0.2, 0.25) is 0 Å². The monoisotopic (exact) mass is 364 g/mol. The summed E-state index contributed by atoms with van der Waals surface area (Å²) in [5.41, 5.74) is 1.37. The van der Waals surface area contributed by atoms with Gasteiger partial charge < -0.3 is 15.3 Å². The van der Waals surface area contributed by atoms with Crippen molar-refractivity contribution in [1.82, 2.24) is 10.2 Å². The number of carboxylic acid groups (broad SMARTS) is 1. The summed E-state index contributed by atoms with van der Waals surface area (Å²) in [4.78, 5) is 25.3. The van der Waals surface area contributed by atoms with Crippen molar-refractivity contribution >= 4 is 12.0 Å². The van der Waals surface area contributed by atoms with E-state index in [1.165, 1.54) is 4.90 Å². The van der Waals surface area contributed by atoms with Crippen molar-refractivity contribution in [2.75, 3.05) is 6.54 Å². The van der Waals surface area contributed by atoms with E-state index in [1.807, 2.05) is 6.07 Å². The van der Waals surface area contributed by atoms with Gasteiger partial charge in [0.25, 0.3) is 11.8 Å². The highest BCUT2D eigenvalue weighted by Crippen LogP contribution is 2.46. The summed E-state index contributed by atoms with van der Waals surface area (Å²) < 4.78 is 25.8. The third-order valence-corrected chi connectivity index (χ3v) is 5.56. The molecule has 3 saturated carbocycles. The van der Waals surface area contributed by atoms with Crippen LogP contribution in [0.1, 0.15) is 53.9 Å². The van der Waals surface area contributed by atoms with Gasteiger partial charge in [-0.2, -0.15) is 0 Å². The highest BCUT2D eigenvalue weighted by molar-refractivity contribution is 5.94. The Labute approximate surface area is 150 Å². The molecule has 140 valence electrons. The number of carbonyl (C=O) groups excluding carboxylic acids is 1. The minimum absolute atomic E-state index is 0.0308. The van der Waals surface area contributed by atoms with Gasteiger partial charge in [-0.25, -0.2) is 13.6 Å². The second-order valence-electron chi connectivity index (χ2n) is 7.85. The molecule has 7 heteroatoms. The number of hydrogen-bond acceptors (Lipinski definition) is 2. The van der Waals surface area contributed by atoms with E-state index >= 15 is 0 Å². The molecule has 1 aromatic rings. The largest absolute Gasteiger partial charge is 0.465 e. The molecule has 0 bridgehead atoms. The van der Waals surface area contributed by atoms with Crippen LogP contribution >= 0.6 is 0 Å². The molecule has 1 aromatic carbocycles. The molecule has 5 nitrogen and oxygen atoms in total. The van der Waals surface area contributed by atoms with Crippen molar-refractivity contribution in [2.24, 2.45) is 5.92 Å². The first kappa shape index (κ1) is 17.2. The molecule has 0 aromatic heterocycles. The van der Waals surface area contributed by atoms with Crippen molar-refractivity contribution in [3.05, 3.63) is 35.4 Å². The average Bonchev–Trinajstić information content (AvgIpc) is 3.44. The summed E-state index contributed by atoms with van der Waals surface area (Å²) in [6.07, 6.45) is 1.45. The minimum Gasteiger partial charge on any atom is -0.465 e. The molecule has 0 heterocycles. The maximum absolute atomic E-state index is 12.9. The number of benzene rings is 1. The number of hydrogen-bond donors (Lipinski definition) is 2. The van der Waals surface area contributed by atoms with Gasteiger partial charge in [0.05, 0.1) is 0 Å². The van der Waals surface area contributed by atoms with Crippen molar-refractivity contribution in [2.45, 2.75) is 56.0 Å². The molecule has 2 unspecified atom stereocenters. The second kappa shape index (κ2) is 6.21. The number of alkyl halides is 2. The van der Waals surface area contributed by atoms with Crippen LogP contribution in [0.4, 0.5) is 13.6 Å². The van der Waals surface area contributed by atoms with Crippen LogP contribution in [0, 0.1) is 5.92 Å². The Morgan fingerprint density at radius 2 is 2.00 bits per heavy atom. The number of carbonyl (C=O) groups is 2. The van der Waals surface area contributed by atoms with E-state index in [4.69, 9.17) is 0 Å². The first-order chi connectivity index (χ1) is 12.3. The lowest BCUT2D eigenvalue weighted by molar-refractivity contribution is -0.0901. The van der Waals surface area contributed by atoms with Gasteiger partial charge in [-0.15, -0.1) is 0 Å². The summed E-state index contributed by atoms with van der Waals surface area (Å²) in [5, 5.41) is 12.1. The zero-order chi connectivity index (χ0) is 18.5. The van der Waals surface area contributed by atoms with E-state index in [2.05, 4.69) is 5.32 Å². The van der Waals surface area contributed by atoms with Gasteiger partial charge in [-0.3, -0.25) is 4.79 Å². The van der Waals surface area contributed by atoms with E-state index in [0.717, 1.165) is 24.8 Å². The lowest BCUT2D eigenvalue weighted by atomic mass is 9.88. The van der Waals surface area contributed by atoms with E-state index in [1.54, 1.807) is 18.2 Å². The van der Waals surface area contributed by atoms with Crippen molar-refractivity contribution < 1.29 is 23.5 Å². The average molecular weight is 364 g/mol. The zero-order valence-corrected chi connectivity index (χ0v) is 14.3. The fourth-order valence-corrected chi connectivity index (χ4v) is 3.76. The number of amides is 2. The molecule has 4 rings (SSSR count). The Kier molecular flexibility index (Phi) is 4.12. The van der Waals surface area contributed by atoms with Crippen LogP contribution < -0.4 is 5.32 Å². The van der Waals surface area contributed by atoms with Crippen LogP contribution in [-0.4, -0.2) is 46.6 Å². The SMILES string of the molecule is O=C(NC1CC(F)(F)C1)c1cccc(C2CC2N(CC2CC2)C(=O)O)c1. The Morgan fingerprint density at radius 3 is 2.62 bits per heavy atom. The zero-order valence-electron chi connectivity index (χ0n) is 14.3. The summed E-state index contributed by atoms with van der Waals surface area (Å²) >= 11 is 0. The Morgan fingerprint density at radius 1 is 1.27 bits per heavy atom. The second-order valence-corrected chi connectivity index (χ2v) is 7.85. The molecule has 0 saturated heterocycles. The molecule has 2 N–H and O–H groups in total. The van der Waals surface area contributed by atoms with Crippen molar-refractivity contribution in [1.29, 1.82) is 0 Å². The van der Waals surface area contributed by atoms with Crippen LogP contribution in [0.3, 0.4) is 0 Å². The number of rotatable bonds is 6. The molecule has 26 heavy (non-hydrogen) atoms. The van der Waals surface area contributed by atoms with Gasteiger partial charge in [0.15, 0.2) is 0 Å². The predicted octanol–water partition coefficient (Wildman–Crippen LogP) is 3.46. The Bertz CT molecular complexity index is 727. The molecular formula is C19H22F2N2O3. The molecule has 0 spiro atoms. The van der Waals surface area contributed by atoms with E-state index in [0.29, 0.717) is 18.0 Å². The highest BCUT2D eigenvalue weighted by atomic mass is 19.3. The Hall–Kier alpha value is -2.18. The molecule has 0 aliphatic heterocycles. The van der Waals surface area contributed by atoms with Gasteiger partial charge in [-0.05, 0) is 42.9 Å². The van der Waals surface area contributed by atoms with Gasteiger partial charge in [0, 0.05) is 43.0 Å². The highest BCUT2D eigenvalue weighted by Gasteiger charge is 2.47. The van der Waals surface area contributed by atoms with Crippen molar-refractivity contribution in [3.8, 4) is 0 Å². The molecule has 2 atom stereocenters. The first-order valence-electron chi connectivity index (χ1n) is 9.10. The predicted molar refractivity (Wildman–Crippen MR) is 90.5 cm³/mol. The maximum Gasteiger partial charge on any atom is 0.407 e. The summed E-state index contributed by atoms with van der Waals surface area (Å²) in [5.74, 6) is -2.42.